The summed E-state index contributed by atoms with van der Waals surface area (Å²) in [6, 6.07) is 12.6. The molecule has 0 aliphatic carbocycles. The summed E-state index contributed by atoms with van der Waals surface area (Å²) in [5, 5.41) is 3.18. The number of hydrogen-bond acceptors (Lipinski definition) is 6. The molecule has 0 saturated heterocycles. The van der Waals surface area contributed by atoms with Crippen molar-refractivity contribution in [3.63, 3.8) is 0 Å². The summed E-state index contributed by atoms with van der Waals surface area (Å²) in [7, 11) is 0. The average molecular weight is 452 g/mol. The van der Waals surface area contributed by atoms with Crippen LogP contribution >= 0.6 is 0 Å². The molecule has 1 amide bonds. The predicted molar refractivity (Wildman–Crippen MR) is 125 cm³/mol. The highest BCUT2D eigenvalue weighted by Gasteiger charge is 2.28. The highest BCUT2D eigenvalue weighted by molar-refractivity contribution is 5.92. The number of alkyl carbamates (subject to hydrolysis) is 1. The lowest BCUT2D eigenvalue weighted by Crippen LogP contribution is -2.39. The summed E-state index contributed by atoms with van der Waals surface area (Å²) in [5.41, 5.74) is 1.22. The number of esters is 1. The maximum atomic E-state index is 13.3. The summed E-state index contributed by atoms with van der Waals surface area (Å²) < 4.78 is 16.5. The molecular formula is C26H29NO6. The van der Waals surface area contributed by atoms with Crippen LogP contribution in [0, 0.1) is 6.92 Å². The van der Waals surface area contributed by atoms with Gasteiger partial charge in [-0.2, -0.15) is 0 Å². The van der Waals surface area contributed by atoms with E-state index in [4.69, 9.17) is 13.9 Å². The van der Waals surface area contributed by atoms with Crippen molar-refractivity contribution in [1.82, 2.24) is 5.32 Å². The Morgan fingerprint density at radius 2 is 1.79 bits per heavy atom. The van der Waals surface area contributed by atoms with Crippen molar-refractivity contribution in [3.8, 4) is 5.75 Å². The maximum absolute atomic E-state index is 13.3. The zero-order valence-electron chi connectivity index (χ0n) is 19.6. The molecule has 0 spiro atoms. The second-order valence-electron chi connectivity index (χ2n) is 8.89. The monoisotopic (exact) mass is 451 g/mol. The third-order valence-electron chi connectivity index (χ3n) is 4.79. The van der Waals surface area contributed by atoms with Crippen molar-refractivity contribution in [2.45, 2.75) is 59.1 Å². The van der Waals surface area contributed by atoms with Crippen LogP contribution < -0.4 is 15.7 Å². The molecule has 0 radical (unpaired) electrons. The van der Waals surface area contributed by atoms with Gasteiger partial charge in [-0.3, -0.25) is 0 Å². The number of ether oxygens (including phenoxy) is 2. The van der Waals surface area contributed by atoms with Crippen LogP contribution in [0.25, 0.3) is 11.0 Å². The van der Waals surface area contributed by atoms with Gasteiger partial charge in [0, 0.05) is 6.07 Å². The number of carbonyl (C=O) groups is 2. The molecule has 0 aliphatic rings. The largest absolute Gasteiger partial charge is 0.444 e. The number of benzene rings is 2. The Morgan fingerprint density at radius 3 is 2.42 bits per heavy atom. The van der Waals surface area contributed by atoms with Crippen molar-refractivity contribution >= 4 is 23.0 Å². The topological polar surface area (TPSA) is 94.8 Å². The Balaban J connectivity index is 2.01. The van der Waals surface area contributed by atoms with Crippen LogP contribution in [0.3, 0.4) is 0 Å². The van der Waals surface area contributed by atoms with Gasteiger partial charge in [-0.25, -0.2) is 14.4 Å². The van der Waals surface area contributed by atoms with E-state index in [0.717, 1.165) is 17.5 Å². The molecule has 3 rings (SSSR count). The van der Waals surface area contributed by atoms with Crippen molar-refractivity contribution < 1.29 is 23.5 Å². The molecule has 1 unspecified atom stereocenters. The van der Waals surface area contributed by atoms with Gasteiger partial charge in [-0.15, -0.1) is 0 Å². The van der Waals surface area contributed by atoms with E-state index in [1.165, 1.54) is 6.07 Å². The summed E-state index contributed by atoms with van der Waals surface area (Å²) in [6.45, 7) is 9.03. The van der Waals surface area contributed by atoms with E-state index in [1.54, 1.807) is 57.2 Å². The van der Waals surface area contributed by atoms with Gasteiger partial charge in [0.05, 0.1) is 5.39 Å². The van der Waals surface area contributed by atoms with Crippen molar-refractivity contribution in [2.24, 2.45) is 0 Å². The molecule has 2 aromatic carbocycles. The number of aryl methyl sites for hydroxylation is 2. The first-order valence-electron chi connectivity index (χ1n) is 10.9. The van der Waals surface area contributed by atoms with Gasteiger partial charge in [0.25, 0.3) is 0 Å². The lowest BCUT2D eigenvalue weighted by atomic mass is 10.0. The van der Waals surface area contributed by atoms with Crippen molar-refractivity contribution in [1.29, 1.82) is 0 Å². The number of amides is 1. The second-order valence-corrected chi connectivity index (χ2v) is 8.89. The van der Waals surface area contributed by atoms with E-state index in [0.29, 0.717) is 23.0 Å². The molecule has 7 heteroatoms. The molecule has 1 atom stereocenters. The highest BCUT2D eigenvalue weighted by Crippen LogP contribution is 2.32. The van der Waals surface area contributed by atoms with Crippen LogP contribution in [-0.4, -0.2) is 17.7 Å². The molecule has 1 heterocycles. The van der Waals surface area contributed by atoms with E-state index in [1.807, 2.05) is 19.9 Å². The van der Waals surface area contributed by atoms with Gasteiger partial charge in [-0.1, -0.05) is 43.7 Å². The first kappa shape index (κ1) is 24.0. The molecular weight excluding hydrogens is 422 g/mol. The Bertz CT molecular complexity index is 1210. The lowest BCUT2D eigenvalue weighted by Gasteiger charge is -2.23. The molecule has 0 saturated carbocycles. The minimum absolute atomic E-state index is 0.272. The average Bonchev–Trinajstić information content (AvgIpc) is 2.70. The van der Waals surface area contributed by atoms with Gasteiger partial charge >= 0.3 is 17.7 Å². The number of rotatable bonds is 6. The Kier molecular flexibility index (Phi) is 7.21. The molecule has 0 aliphatic heterocycles. The molecule has 174 valence electrons. The summed E-state index contributed by atoms with van der Waals surface area (Å²) in [5.74, 6) is -0.415. The number of fused-ring (bicyclic) bond motifs is 1. The zero-order valence-corrected chi connectivity index (χ0v) is 19.6. The van der Waals surface area contributed by atoms with E-state index >= 15 is 0 Å². The van der Waals surface area contributed by atoms with Gasteiger partial charge < -0.3 is 19.2 Å². The zero-order chi connectivity index (χ0) is 24.2. The Labute approximate surface area is 192 Å². The Morgan fingerprint density at radius 1 is 1.09 bits per heavy atom. The normalized spacial score (nSPS) is 12.3. The van der Waals surface area contributed by atoms with Crippen LogP contribution in [0.1, 0.15) is 56.8 Å². The van der Waals surface area contributed by atoms with Gasteiger partial charge in [0.15, 0.2) is 6.04 Å². The third kappa shape index (κ3) is 6.22. The van der Waals surface area contributed by atoms with Crippen molar-refractivity contribution in [2.75, 3.05) is 0 Å². The quantitative estimate of drug-likeness (QED) is 0.313. The fraction of sp³-hybridized carbons (Fsp3) is 0.346. The first-order chi connectivity index (χ1) is 15.6. The Hall–Kier alpha value is -3.61. The standard InChI is InChI=1S/C26H29NO6/c1-6-10-18-15-21(28)31-19-13-16(2)14-20(22(18)19)32-24(29)23(17-11-8-7-9-12-17)27-25(30)33-26(3,4)5/h7-9,11-15,23H,6,10H2,1-5H3,(H,27,30). The number of hydrogen-bond donors (Lipinski definition) is 1. The smallest absolute Gasteiger partial charge is 0.408 e. The van der Waals surface area contributed by atoms with Crippen LogP contribution in [-0.2, 0) is 16.0 Å². The second kappa shape index (κ2) is 9.90. The highest BCUT2D eigenvalue weighted by atomic mass is 16.6. The minimum atomic E-state index is -1.10. The van der Waals surface area contributed by atoms with Crippen LogP contribution in [0.5, 0.6) is 5.75 Å². The molecule has 1 N–H and O–H groups in total. The molecule has 1 aromatic heterocycles. The summed E-state index contributed by atoms with van der Waals surface area (Å²) >= 11 is 0. The first-order valence-corrected chi connectivity index (χ1v) is 10.9. The molecule has 3 aromatic rings. The molecule has 0 bridgehead atoms. The van der Waals surface area contributed by atoms with Gasteiger partial charge in [0.1, 0.15) is 16.9 Å². The molecule has 33 heavy (non-hydrogen) atoms. The fourth-order valence-electron chi connectivity index (χ4n) is 3.53. The lowest BCUT2D eigenvalue weighted by molar-refractivity contribution is -0.136. The fourth-order valence-corrected chi connectivity index (χ4v) is 3.53. The number of nitrogens with one attached hydrogen (secondary N) is 1. The van der Waals surface area contributed by atoms with E-state index in [-0.39, 0.29) is 5.75 Å². The van der Waals surface area contributed by atoms with Gasteiger partial charge in [-0.05, 0) is 62.9 Å². The molecule has 0 fully saturated rings. The van der Waals surface area contributed by atoms with Crippen LogP contribution in [0.2, 0.25) is 0 Å². The number of carbonyl (C=O) groups excluding carboxylic acids is 2. The van der Waals surface area contributed by atoms with Crippen LogP contribution in [0.15, 0.2) is 57.7 Å². The maximum Gasteiger partial charge on any atom is 0.408 e. The third-order valence-corrected chi connectivity index (χ3v) is 4.79. The summed E-state index contributed by atoms with van der Waals surface area (Å²) in [4.78, 5) is 37.8. The summed E-state index contributed by atoms with van der Waals surface area (Å²) in [6.07, 6.45) is 0.681. The van der Waals surface area contributed by atoms with Crippen molar-refractivity contribution in [3.05, 3.63) is 75.6 Å². The van der Waals surface area contributed by atoms with Crippen LogP contribution in [0.4, 0.5) is 4.79 Å². The SMILES string of the molecule is CCCc1cc(=O)oc2cc(C)cc(OC(=O)C(NC(=O)OC(C)(C)C)c3ccccc3)c12. The van der Waals surface area contributed by atoms with E-state index in [2.05, 4.69) is 5.32 Å². The minimum Gasteiger partial charge on any atom is -0.444 e. The molecule has 7 nitrogen and oxygen atoms in total. The predicted octanol–water partition coefficient (Wildman–Crippen LogP) is 5.23. The van der Waals surface area contributed by atoms with E-state index < -0.39 is 29.3 Å². The van der Waals surface area contributed by atoms with Gasteiger partial charge in [0.2, 0.25) is 0 Å². The van der Waals surface area contributed by atoms with E-state index in [9.17, 15) is 14.4 Å².